The van der Waals surface area contributed by atoms with Crippen LogP contribution >= 0.6 is 11.6 Å². The van der Waals surface area contributed by atoms with Crippen molar-refractivity contribution in [2.24, 2.45) is 0 Å². The van der Waals surface area contributed by atoms with E-state index in [1.165, 1.54) is 0 Å². The minimum atomic E-state index is -0.258. The van der Waals surface area contributed by atoms with E-state index in [0.717, 1.165) is 24.0 Å². The van der Waals surface area contributed by atoms with Gasteiger partial charge in [0.15, 0.2) is 0 Å². The van der Waals surface area contributed by atoms with E-state index in [9.17, 15) is 9.59 Å². The molecule has 0 unspecified atom stereocenters. The third-order valence-corrected chi connectivity index (χ3v) is 4.19. The second kappa shape index (κ2) is 8.67. The van der Waals surface area contributed by atoms with Crippen molar-refractivity contribution in [2.45, 2.75) is 33.6 Å². The Balaban J connectivity index is 2.07. The van der Waals surface area contributed by atoms with Crippen LogP contribution in [0.5, 0.6) is 0 Å². The van der Waals surface area contributed by atoms with E-state index in [0.29, 0.717) is 28.4 Å². The average Bonchev–Trinajstić information content (AvgIpc) is 2.58. The number of anilines is 1. The molecule has 0 radical (unpaired) electrons. The summed E-state index contributed by atoms with van der Waals surface area (Å²) in [5, 5.41) is 6.20. The predicted octanol–water partition coefficient (Wildman–Crippen LogP) is 4.74. The lowest BCUT2D eigenvalue weighted by molar-refractivity contribution is 0.0951. The Morgan fingerprint density at radius 2 is 1.60 bits per heavy atom. The van der Waals surface area contributed by atoms with Gasteiger partial charge in [0.1, 0.15) is 0 Å². The summed E-state index contributed by atoms with van der Waals surface area (Å²) >= 11 is 6.23. The first-order valence-electron chi connectivity index (χ1n) is 8.38. The molecule has 0 fully saturated rings. The van der Waals surface area contributed by atoms with Gasteiger partial charge in [0, 0.05) is 17.7 Å². The van der Waals surface area contributed by atoms with Crippen LogP contribution in [0.2, 0.25) is 5.02 Å². The van der Waals surface area contributed by atoms with Gasteiger partial charge in [-0.25, -0.2) is 0 Å². The zero-order valence-electron chi connectivity index (χ0n) is 14.8. The summed E-state index contributed by atoms with van der Waals surface area (Å²) in [4.78, 5) is 24.4. The number of hydrogen-bond acceptors (Lipinski definition) is 2. The highest BCUT2D eigenvalue weighted by Crippen LogP contribution is 2.27. The van der Waals surface area contributed by atoms with Crippen LogP contribution in [0, 0.1) is 13.8 Å². The van der Waals surface area contributed by atoms with Crippen LogP contribution in [-0.4, -0.2) is 18.4 Å². The molecule has 0 aromatic heterocycles. The van der Waals surface area contributed by atoms with Gasteiger partial charge < -0.3 is 10.6 Å². The van der Waals surface area contributed by atoms with Crippen molar-refractivity contribution in [1.29, 1.82) is 0 Å². The van der Waals surface area contributed by atoms with Crippen molar-refractivity contribution < 1.29 is 9.59 Å². The second-order valence-electron chi connectivity index (χ2n) is 6.08. The van der Waals surface area contributed by atoms with Crippen LogP contribution in [0.4, 0.5) is 5.69 Å². The van der Waals surface area contributed by atoms with Crippen LogP contribution in [0.1, 0.15) is 51.6 Å². The standard InChI is InChI=1S/C20H23ClN2O2/c1-4-5-10-22-19(24)15-6-8-16(9-7-15)20(25)23-18-14(3)11-13(2)12-17(18)21/h6-9,11-12H,4-5,10H2,1-3H3,(H,22,24)(H,23,25). The predicted molar refractivity (Wildman–Crippen MR) is 103 cm³/mol. The van der Waals surface area contributed by atoms with Gasteiger partial charge in [0.25, 0.3) is 11.8 Å². The number of benzene rings is 2. The SMILES string of the molecule is CCCCNC(=O)c1ccc(C(=O)Nc2c(C)cc(C)cc2Cl)cc1. The van der Waals surface area contributed by atoms with E-state index in [1.807, 2.05) is 26.0 Å². The monoisotopic (exact) mass is 358 g/mol. The number of nitrogens with one attached hydrogen (secondary N) is 2. The maximum absolute atomic E-state index is 12.4. The van der Waals surface area contributed by atoms with Gasteiger partial charge in [-0.05, 0) is 61.7 Å². The van der Waals surface area contributed by atoms with Gasteiger partial charge in [0.05, 0.1) is 10.7 Å². The largest absolute Gasteiger partial charge is 0.352 e. The highest BCUT2D eigenvalue weighted by Gasteiger charge is 2.12. The zero-order chi connectivity index (χ0) is 18.4. The number of rotatable bonds is 6. The molecule has 0 spiro atoms. The van der Waals surface area contributed by atoms with Crippen LogP contribution < -0.4 is 10.6 Å². The number of amides is 2. The maximum Gasteiger partial charge on any atom is 0.255 e. The van der Waals surface area contributed by atoms with Gasteiger partial charge in [-0.1, -0.05) is 31.0 Å². The van der Waals surface area contributed by atoms with Crippen LogP contribution in [0.15, 0.2) is 36.4 Å². The number of halogens is 1. The van der Waals surface area contributed by atoms with E-state index in [-0.39, 0.29) is 11.8 Å². The lowest BCUT2D eigenvalue weighted by Gasteiger charge is -2.12. The Morgan fingerprint density at radius 3 is 2.16 bits per heavy atom. The lowest BCUT2D eigenvalue weighted by atomic mass is 10.1. The van der Waals surface area contributed by atoms with Crippen LogP contribution in [0.3, 0.4) is 0 Å². The van der Waals surface area contributed by atoms with Crippen LogP contribution in [0.25, 0.3) is 0 Å². The van der Waals surface area contributed by atoms with Crippen LogP contribution in [-0.2, 0) is 0 Å². The van der Waals surface area contributed by atoms with Crippen molar-refractivity contribution in [3.8, 4) is 0 Å². The van der Waals surface area contributed by atoms with E-state index >= 15 is 0 Å². The van der Waals surface area contributed by atoms with Crippen molar-refractivity contribution in [2.75, 3.05) is 11.9 Å². The van der Waals surface area contributed by atoms with E-state index in [1.54, 1.807) is 24.3 Å². The summed E-state index contributed by atoms with van der Waals surface area (Å²) in [7, 11) is 0. The Hall–Kier alpha value is -2.33. The summed E-state index contributed by atoms with van der Waals surface area (Å²) in [6, 6.07) is 10.4. The van der Waals surface area contributed by atoms with Crippen molar-refractivity contribution in [3.05, 3.63) is 63.7 Å². The summed E-state index contributed by atoms with van der Waals surface area (Å²) in [5.74, 6) is -0.385. The Bertz CT molecular complexity index is 747. The fourth-order valence-electron chi connectivity index (χ4n) is 2.51. The zero-order valence-corrected chi connectivity index (χ0v) is 15.5. The molecule has 0 saturated carbocycles. The van der Waals surface area contributed by atoms with E-state index < -0.39 is 0 Å². The fraction of sp³-hybridized carbons (Fsp3) is 0.300. The molecule has 0 aliphatic rings. The molecule has 0 heterocycles. The summed E-state index contributed by atoms with van der Waals surface area (Å²) < 4.78 is 0. The van der Waals surface area contributed by atoms with Gasteiger partial charge in [-0.3, -0.25) is 9.59 Å². The number of unbranched alkanes of at least 4 members (excludes halogenated alkanes) is 1. The molecule has 2 aromatic carbocycles. The van der Waals surface area contributed by atoms with Crippen molar-refractivity contribution in [1.82, 2.24) is 5.32 Å². The smallest absolute Gasteiger partial charge is 0.255 e. The molecule has 0 aliphatic heterocycles. The molecular weight excluding hydrogens is 336 g/mol. The van der Waals surface area contributed by atoms with Gasteiger partial charge in [-0.2, -0.15) is 0 Å². The van der Waals surface area contributed by atoms with Gasteiger partial charge in [-0.15, -0.1) is 0 Å². The minimum absolute atomic E-state index is 0.127. The third kappa shape index (κ3) is 5.07. The van der Waals surface area contributed by atoms with Crippen molar-refractivity contribution >= 4 is 29.1 Å². The number of carbonyl (C=O) groups excluding carboxylic acids is 2. The molecule has 25 heavy (non-hydrogen) atoms. The van der Waals surface area contributed by atoms with Crippen molar-refractivity contribution in [3.63, 3.8) is 0 Å². The highest BCUT2D eigenvalue weighted by atomic mass is 35.5. The van der Waals surface area contributed by atoms with Gasteiger partial charge in [0.2, 0.25) is 0 Å². The second-order valence-corrected chi connectivity index (χ2v) is 6.49. The molecule has 2 amide bonds. The molecule has 0 bridgehead atoms. The normalized spacial score (nSPS) is 10.4. The highest BCUT2D eigenvalue weighted by molar-refractivity contribution is 6.34. The molecule has 4 nitrogen and oxygen atoms in total. The molecule has 2 rings (SSSR count). The molecule has 2 N–H and O–H groups in total. The fourth-order valence-corrected chi connectivity index (χ4v) is 2.88. The quantitative estimate of drug-likeness (QED) is 0.733. The summed E-state index contributed by atoms with van der Waals surface area (Å²) in [5.41, 5.74) is 3.57. The Labute approximate surface area is 153 Å². The maximum atomic E-state index is 12.4. The Morgan fingerprint density at radius 1 is 1.00 bits per heavy atom. The summed E-state index contributed by atoms with van der Waals surface area (Å²) in [6.07, 6.45) is 1.98. The third-order valence-electron chi connectivity index (χ3n) is 3.90. The van der Waals surface area contributed by atoms with Gasteiger partial charge >= 0.3 is 0 Å². The molecule has 5 heteroatoms. The molecular formula is C20H23ClN2O2. The number of aryl methyl sites for hydroxylation is 2. The molecule has 2 aromatic rings. The average molecular weight is 359 g/mol. The first kappa shape index (κ1) is 19.0. The summed E-state index contributed by atoms with van der Waals surface area (Å²) in [6.45, 7) is 6.58. The molecule has 132 valence electrons. The topological polar surface area (TPSA) is 58.2 Å². The Kier molecular flexibility index (Phi) is 6.59. The minimum Gasteiger partial charge on any atom is -0.352 e. The molecule has 0 saturated heterocycles. The molecule has 0 aliphatic carbocycles. The first-order chi connectivity index (χ1) is 11.9. The molecule has 0 atom stereocenters. The van der Waals surface area contributed by atoms with E-state index in [2.05, 4.69) is 17.6 Å². The number of carbonyl (C=O) groups is 2. The number of hydrogen-bond donors (Lipinski definition) is 2. The first-order valence-corrected chi connectivity index (χ1v) is 8.76. The van der Waals surface area contributed by atoms with E-state index in [4.69, 9.17) is 11.6 Å². The lowest BCUT2D eigenvalue weighted by Crippen LogP contribution is -2.24.